The van der Waals surface area contributed by atoms with Crippen LogP contribution in [0.2, 0.25) is 0 Å². The van der Waals surface area contributed by atoms with E-state index in [-0.39, 0.29) is 0 Å². The topological polar surface area (TPSA) is 46.5 Å². The van der Waals surface area contributed by atoms with Crippen LogP contribution in [0.25, 0.3) is 6.08 Å². The van der Waals surface area contributed by atoms with Gasteiger partial charge in [0.2, 0.25) is 0 Å². The fraction of sp³-hybridized carbons (Fsp3) is 0.118. The van der Waals surface area contributed by atoms with Crippen molar-refractivity contribution in [1.82, 2.24) is 0 Å². The maximum Gasteiger partial charge on any atom is 0.328 e. The fourth-order valence-corrected chi connectivity index (χ4v) is 2.21. The summed E-state index contributed by atoms with van der Waals surface area (Å²) >= 11 is 3.39. The number of rotatable bonds is 6. The van der Waals surface area contributed by atoms with Gasteiger partial charge < -0.3 is 9.84 Å². The Morgan fingerprint density at radius 2 is 1.95 bits per heavy atom. The fourth-order valence-electron chi connectivity index (χ4n) is 1.83. The van der Waals surface area contributed by atoms with Crippen LogP contribution in [0.5, 0.6) is 5.75 Å². The van der Waals surface area contributed by atoms with Crippen molar-refractivity contribution in [3.05, 3.63) is 70.2 Å². The van der Waals surface area contributed by atoms with E-state index in [1.807, 2.05) is 36.4 Å². The van der Waals surface area contributed by atoms with Gasteiger partial charge in [-0.3, -0.25) is 0 Å². The van der Waals surface area contributed by atoms with Gasteiger partial charge in [-0.25, -0.2) is 4.79 Å². The highest BCUT2D eigenvalue weighted by Gasteiger charge is 2.01. The van der Waals surface area contributed by atoms with Crippen LogP contribution >= 0.6 is 15.9 Å². The minimum absolute atomic E-state index is 0.577. The third-order valence-electron chi connectivity index (χ3n) is 2.88. The lowest BCUT2D eigenvalue weighted by Crippen LogP contribution is -2.01. The van der Waals surface area contributed by atoms with Crippen LogP contribution in [0.1, 0.15) is 11.1 Å². The van der Waals surface area contributed by atoms with E-state index in [9.17, 15) is 4.79 Å². The lowest BCUT2D eigenvalue weighted by molar-refractivity contribution is -0.131. The minimum atomic E-state index is -0.975. The molecule has 1 N–H and O–H groups in total. The quantitative estimate of drug-likeness (QED) is 0.798. The van der Waals surface area contributed by atoms with Crippen LogP contribution in [0, 0.1) is 0 Å². The van der Waals surface area contributed by atoms with Crippen LogP contribution in [0.3, 0.4) is 0 Å². The summed E-state index contributed by atoms with van der Waals surface area (Å²) in [7, 11) is 0. The van der Waals surface area contributed by atoms with Crippen LogP contribution in [0.15, 0.2) is 59.1 Å². The van der Waals surface area contributed by atoms with Crippen molar-refractivity contribution in [2.45, 2.75) is 6.42 Å². The number of aliphatic carboxylic acids is 1. The van der Waals surface area contributed by atoms with E-state index >= 15 is 0 Å². The molecule has 0 spiro atoms. The summed E-state index contributed by atoms with van der Waals surface area (Å²) in [4.78, 5) is 10.6. The Hall–Kier alpha value is -2.07. The molecule has 21 heavy (non-hydrogen) atoms. The van der Waals surface area contributed by atoms with Crippen molar-refractivity contribution < 1.29 is 14.6 Å². The molecule has 108 valence electrons. The van der Waals surface area contributed by atoms with E-state index in [4.69, 9.17) is 9.84 Å². The van der Waals surface area contributed by atoms with Gasteiger partial charge in [-0.15, -0.1) is 0 Å². The molecule has 0 aliphatic carbocycles. The molecule has 0 bridgehead atoms. The van der Waals surface area contributed by atoms with Gasteiger partial charge in [-0.2, -0.15) is 0 Å². The molecule has 0 aliphatic rings. The number of halogens is 1. The van der Waals surface area contributed by atoms with Crippen LogP contribution < -0.4 is 4.74 Å². The molecule has 3 nitrogen and oxygen atoms in total. The SMILES string of the molecule is O=C(O)/C=C/c1cc(OCCc2ccccc2)ccc1Br. The number of carboxylic acid groups (broad SMARTS) is 1. The zero-order valence-electron chi connectivity index (χ0n) is 11.3. The van der Waals surface area contributed by atoms with Crippen LogP contribution in [0.4, 0.5) is 0 Å². The van der Waals surface area contributed by atoms with Crippen molar-refractivity contribution in [2.24, 2.45) is 0 Å². The average Bonchev–Trinajstić information content (AvgIpc) is 2.48. The molecule has 0 saturated carbocycles. The molecule has 0 unspecified atom stereocenters. The Kier molecular flexibility index (Phi) is 5.58. The molecule has 2 rings (SSSR count). The maximum atomic E-state index is 10.6. The van der Waals surface area contributed by atoms with Crippen molar-refractivity contribution in [3.8, 4) is 5.75 Å². The summed E-state index contributed by atoms with van der Waals surface area (Å²) in [6, 6.07) is 15.6. The van der Waals surface area contributed by atoms with E-state index in [1.165, 1.54) is 11.6 Å². The molecule has 2 aromatic carbocycles. The van der Waals surface area contributed by atoms with Crippen LogP contribution in [-0.2, 0) is 11.2 Å². The summed E-state index contributed by atoms with van der Waals surface area (Å²) in [5.41, 5.74) is 2.00. The zero-order valence-corrected chi connectivity index (χ0v) is 12.9. The molecule has 0 atom stereocenters. The van der Waals surface area contributed by atoms with Gasteiger partial charge in [-0.1, -0.05) is 46.3 Å². The van der Waals surface area contributed by atoms with E-state index in [1.54, 1.807) is 0 Å². The Morgan fingerprint density at radius 1 is 1.19 bits per heavy atom. The van der Waals surface area contributed by atoms with Gasteiger partial charge in [0.1, 0.15) is 5.75 Å². The van der Waals surface area contributed by atoms with Gasteiger partial charge >= 0.3 is 5.97 Å². The van der Waals surface area contributed by atoms with Gasteiger partial charge in [0, 0.05) is 17.0 Å². The predicted molar refractivity (Wildman–Crippen MR) is 86.5 cm³/mol. The highest BCUT2D eigenvalue weighted by Crippen LogP contribution is 2.24. The largest absolute Gasteiger partial charge is 0.493 e. The number of hydrogen-bond donors (Lipinski definition) is 1. The molecule has 0 aromatic heterocycles. The third kappa shape index (κ3) is 5.08. The molecule has 4 heteroatoms. The number of ether oxygens (including phenoxy) is 1. The van der Waals surface area contributed by atoms with E-state index in [0.29, 0.717) is 6.61 Å². The van der Waals surface area contributed by atoms with E-state index in [0.717, 1.165) is 28.3 Å². The third-order valence-corrected chi connectivity index (χ3v) is 3.60. The van der Waals surface area contributed by atoms with Gasteiger partial charge in [0.25, 0.3) is 0 Å². The summed E-state index contributed by atoms with van der Waals surface area (Å²) in [5, 5.41) is 8.67. The summed E-state index contributed by atoms with van der Waals surface area (Å²) < 4.78 is 6.54. The Labute approximate surface area is 132 Å². The second kappa shape index (κ2) is 7.64. The number of carbonyl (C=O) groups is 1. The first kappa shape index (κ1) is 15.3. The predicted octanol–water partition coefficient (Wildman–Crippen LogP) is 4.17. The van der Waals surface area contributed by atoms with Crippen molar-refractivity contribution >= 4 is 28.0 Å². The molecular formula is C17H15BrO3. The molecule has 0 radical (unpaired) electrons. The minimum Gasteiger partial charge on any atom is -0.493 e. The summed E-state index contributed by atoms with van der Waals surface area (Å²) in [6.07, 6.45) is 3.47. The van der Waals surface area contributed by atoms with Gasteiger partial charge in [-0.05, 0) is 35.4 Å². The van der Waals surface area contributed by atoms with Crippen LogP contribution in [-0.4, -0.2) is 17.7 Å². The van der Waals surface area contributed by atoms with Crippen molar-refractivity contribution in [3.63, 3.8) is 0 Å². The van der Waals surface area contributed by atoms with Crippen molar-refractivity contribution in [2.75, 3.05) is 6.61 Å². The molecule has 0 aliphatic heterocycles. The number of carboxylic acids is 1. The highest BCUT2D eigenvalue weighted by atomic mass is 79.9. The Balaban J connectivity index is 1.97. The van der Waals surface area contributed by atoms with Crippen molar-refractivity contribution in [1.29, 1.82) is 0 Å². The maximum absolute atomic E-state index is 10.6. The monoisotopic (exact) mass is 346 g/mol. The average molecular weight is 347 g/mol. The van der Waals surface area contributed by atoms with E-state index in [2.05, 4.69) is 28.1 Å². The second-order valence-electron chi connectivity index (χ2n) is 4.44. The Bertz CT molecular complexity index is 636. The first-order chi connectivity index (χ1) is 10.1. The summed E-state index contributed by atoms with van der Waals surface area (Å²) in [6.45, 7) is 0.577. The van der Waals surface area contributed by atoms with Gasteiger partial charge in [0.15, 0.2) is 0 Å². The molecule has 0 heterocycles. The first-order valence-electron chi connectivity index (χ1n) is 6.52. The smallest absolute Gasteiger partial charge is 0.328 e. The Morgan fingerprint density at radius 3 is 2.67 bits per heavy atom. The molecule has 2 aromatic rings. The molecule has 0 amide bonds. The first-order valence-corrected chi connectivity index (χ1v) is 7.32. The number of hydrogen-bond acceptors (Lipinski definition) is 2. The molecule has 0 saturated heterocycles. The zero-order chi connectivity index (χ0) is 15.1. The standard InChI is InChI=1S/C17H15BrO3/c18-16-8-7-15(12-14(16)6-9-17(19)20)21-11-10-13-4-2-1-3-5-13/h1-9,12H,10-11H2,(H,19,20)/b9-6+. The molecular weight excluding hydrogens is 332 g/mol. The normalized spacial score (nSPS) is 10.7. The van der Waals surface area contributed by atoms with E-state index < -0.39 is 5.97 Å². The lowest BCUT2D eigenvalue weighted by atomic mass is 10.2. The van der Waals surface area contributed by atoms with Gasteiger partial charge in [0.05, 0.1) is 6.61 Å². The highest BCUT2D eigenvalue weighted by molar-refractivity contribution is 9.10. The number of benzene rings is 2. The lowest BCUT2D eigenvalue weighted by Gasteiger charge is -2.08. The molecule has 0 fully saturated rings. The summed E-state index contributed by atoms with van der Waals surface area (Å²) in [5.74, 6) is -0.253. The second-order valence-corrected chi connectivity index (χ2v) is 5.29.